The van der Waals surface area contributed by atoms with Gasteiger partial charge in [0.25, 0.3) is 0 Å². The minimum absolute atomic E-state index is 0.0871. The molecule has 17 heavy (non-hydrogen) atoms. The van der Waals surface area contributed by atoms with E-state index in [0.29, 0.717) is 11.8 Å². The van der Waals surface area contributed by atoms with Crippen molar-refractivity contribution in [1.82, 2.24) is 14.7 Å². The highest BCUT2D eigenvalue weighted by atomic mass is 16.2. The third kappa shape index (κ3) is 1.96. The van der Waals surface area contributed by atoms with Gasteiger partial charge in [-0.3, -0.25) is 9.48 Å². The van der Waals surface area contributed by atoms with Gasteiger partial charge in [-0.15, -0.1) is 0 Å². The summed E-state index contributed by atoms with van der Waals surface area (Å²) in [4.78, 5) is 14.0. The standard InChI is InChI=1S/C13H19N3O/c1-13(16-8-2-7-14-16)5-9-15(10-6-13)12(17)11-3-4-11/h2,7-8,11H,3-6,9-10H2,1H3. The largest absolute Gasteiger partial charge is 0.342 e. The van der Waals surface area contributed by atoms with Crippen LogP contribution in [0.1, 0.15) is 32.6 Å². The molecule has 0 aromatic carbocycles. The van der Waals surface area contributed by atoms with Crippen LogP contribution < -0.4 is 0 Å². The maximum absolute atomic E-state index is 12.0. The molecular weight excluding hydrogens is 214 g/mol. The van der Waals surface area contributed by atoms with Crippen molar-refractivity contribution in [3.63, 3.8) is 0 Å². The molecule has 1 aliphatic heterocycles. The van der Waals surface area contributed by atoms with Crippen molar-refractivity contribution in [3.05, 3.63) is 18.5 Å². The van der Waals surface area contributed by atoms with Gasteiger partial charge in [0, 0.05) is 31.4 Å². The van der Waals surface area contributed by atoms with Crippen LogP contribution in [0.2, 0.25) is 0 Å². The van der Waals surface area contributed by atoms with E-state index in [1.807, 2.05) is 28.0 Å². The zero-order valence-corrected chi connectivity index (χ0v) is 10.3. The summed E-state index contributed by atoms with van der Waals surface area (Å²) in [5, 5.41) is 4.34. The first-order valence-corrected chi connectivity index (χ1v) is 6.48. The van der Waals surface area contributed by atoms with Crippen LogP contribution in [-0.4, -0.2) is 33.7 Å². The van der Waals surface area contributed by atoms with Gasteiger partial charge in [-0.05, 0) is 38.7 Å². The average Bonchev–Trinajstić information content (AvgIpc) is 3.03. The molecular formula is C13H19N3O. The topological polar surface area (TPSA) is 38.1 Å². The number of rotatable bonds is 2. The van der Waals surface area contributed by atoms with Gasteiger partial charge in [0.15, 0.2) is 0 Å². The zero-order valence-electron chi connectivity index (χ0n) is 10.3. The summed E-state index contributed by atoms with van der Waals surface area (Å²) in [5.41, 5.74) is 0.0871. The number of amides is 1. The van der Waals surface area contributed by atoms with Gasteiger partial charge < -0.3 is 4.90 Å². The molecule has 2 aliphatic rings. The summed E-state index contributed by atoms with van der Waals surface area (Å²) in [6.07, 6.45) is 8.07. The molecule has 1 aliphatic carbocycles. The minimum atomic E-state index is 0.0871. The SMILES string of the molecule is CC1(n2cccn2)CCN(C(=O)C2CC2)CC1. The third-order valence-corrected chi connectivity index (χ3v) is 4.14. The number of hydrogen-bond donors (Lipinski definition) is 0. The highest BCUT2D eigenvalue weighted by molar-refractivity contribution is 5.81. The van der Waals surface area contributed by atoms with Crippen LogP contribution >= 0.6 is 0 Å². The fraction of sp³-hybridized carbons (Fsp3) is 0.692. The Labute approximate surface area is 102 Å². The first-order chi connectivity index (χ1) is 8.19. The molecule has 0 atom stereocenters. The first kappa shape index (κ1) is 10.8. The summed E-state index contributed by atoms with van der Waals surface area (Å²) < 4.78 is 2.05. The zero-order chi connectivity index (χ0) is 11.9. The van der Waals surface area contributed by atoms with Crippen LogP contribution in [0.25, 0.3) is 0 Å². The molecule has 2 heterocycles. The van der Waals surface area contributed by atoms with Gasteiger partial charge in [-0.1, -0.05) is 0 Å². The van der Waals surface area contributed by atoms with Gasteiger partial charge in [-0.2, -0.15) is 5.10 Å². The van der Waals surface area contributed by atoms with Crippen molar-refractivity contribution in [2.45, 2.75) is 38.1 Å². The Kier molecular flexibility index (Phi) is 2.45. The van der Waals surface area contributed by atoms with Crippen LogP contribution in [0, 0.1) is 5.92 Å². The Balaban J connectivity index is 1.65. The van der Waals surface area contributed by atoms with Crippen molar-refractivity contribution in [2.75, 3.05) is 13.1 Å². The molecule has 0 radical (unpaired) electrons. The second-order valence-electron chi connectivity index (χ2n) is 5.55. The predicted octanol–water partition coefficient (Wildman–Crippen LogP) is 1.63. The van der Waals surface area contributed by atoms with Crippen molar-refractivity contribution in [2.24, 2.45) is 5.92 Å². The van der Waals surface area contributed by atoms with E-state index in [1.54, 1.807) is 0 Å². The summed E-state index contributed by atoms with van der Waals surface area (Å²) in [5.74, 6) is 0.733. The Morgan fingerprint density at radius 1 is 1.35 bits per heavy atom. The molecule has 3 rings (SSSR count). The fourth-order valence-corrected chi connectivity index (χ4v) is 2.61. The molecule has 92 valence electrons. The number of aromatic nitrogens is 2. The van der Waals surface area contributed by atoms with Gasteiger partial charge in [0.2, 0.25) is 5.91 Å². The molecule has 1 amide bonds. The maximum Gasteiger partial charge on any atom is 0.225 e. The normalized spacial score (nSPS) is 23.7. The average molecular weight is 233 g/mol. The van der Waals surface area contributed by atoms with E-state index in [0.717, 1.165) is 38.8 Å². The van der Waals surface area contributed by atoms with Crippen LogP contribution in [-0.2, 0) is 10.3 Å². The Morgan fingerprint density at radius 3 is 2.59 bits per heavy atom. The molecule has 1 aromatic heterocycles. The van der Waals surface area contributed by atoms with Gasteiger partial charge in [0.1, 0.15) is 0 Å². The van der Waals surface area contributed by atoms with E-state index in [9.17, 15) is 4.79 Å². The molecule has 4 nitrogen and oxygen atoms in total. The van der Waals surface area contributed by atoms with Crippen LogP contribution in [0.5, 0.6) is 0 Å². The Hall–Kier alpha value is -1.32. The van der Waals surface area contributed by atoms with Crippen molar-refractivity contribution in [3.8, 4) is 0 Å². The summed E-state index contributed by atoms with van der Waals surface area (Å²) in [7, 11) is 0. The fourth-order valence-electron chi connectivity index (χ4n) is 2.61. The van der Waals surface area contributed by atoms with E-state index < -0.39 is 0 Å². The van der Waals surface area contributed by atoms with Crippen LogP contribution in [0.15, 0.2) is 18.5 Å². The second kappa shape index (κ2) is 3.86. The molecule has 2 fully saturated rings. The van der Waals surface area contributed by atoms with Gasteiger partial charge >= 0.3 is 0 Å². The lowest BCUT2D eigenvalue weighted by molar-refractivity contribution is -0.134. The minimum Gasteiger partial charge on any atom is -0.342 e. The molecule has 1 aromatic rings. The van der Waals surface area contributed by atoms with Gasteiger partial charge in [0.05, 0.1) is 5.54 Å². The molecule has 0 unspecified atom stereocenters. The molecule has 1 saturated heterocycles. The molecule has 4 heteroatoms. The lowest BCUT2D eigenvalue weighted by Crippen LogP contribution is -2.47. The highest BCUT2D eigenvalue weighted by Crippen LogP contribution is 2.34. The van der Waals surface area contributed by atoms with E-state index in [4.69, 9.17) is 0 Å². The number of carbonyl (C=O) groups is 1. The van der Waals surface area contributed by atoms with E-state index in [1.165, 1.54) is 0 Å². The summed E-state index contributed by atoms with van der Waals surface area (Å²) in [6.45, 7) is 4.00. The number of likely N-dealkylation sites (tertiary alicyclic amines) is 1. The van der Waals surface area contributed by atoms with E-state index in [-0.39, 0.29) is 5.54 Å². The molecule has 0 spiro atoms. The van der Waals surface area contributed by atoms with E-state index in [2.05, 4.69) is 12.0 Å². The van der Waals surface area contributed by atoms with Crippen molar-refractivity contribution >= 4 is 5.91 Å². The molecule has 1 saturated carbocycles. The van der Waals surface area contributed by atoms with Crippen molar-refractivity contribution in [1.29, 1.82) is 0 Å². The van der Waals surface area contributed by atoms with E-state index >= 15 is 0 Å². The third-order valence-electron chi connectivity index (χ3n) is 4.14. The highest BCUT2D eigenvalue weighted by Gasteiger charge is 2.38. The predicted molar refractivity (Wildman–Crippen MR) is 64.4 cm³/mol. The second-order valence-corrected chi connectivity index (χ2v) is 5.55. The van der Waals surface area contributed by atoms with Gasteiger partial charge in [-0.25, -0.2) is 0 Å². The van der Waals surface area contributed by atoms with Crippen molar-refractivity contribution < 1.29 is 4.79 Å². The Morgan fingerprint density at radius 2 is 2.06 bits per heavy atom. The quantitative estimate of drug-likeness (QED) is 0.778. The number of carbonyl (C=O) groups excluding carboxylic acids is 1. The molecule has 0 N–H and O–H groups in total. The smallest absolute Gasteiger partial charge is 0.225 e. The Bertz CT molecular complexity index is 400. The summed E-state index contributed by atoms with van der Waals surface area (Å²) >= 11 is 0. The monoisotopic (exact) mass is 233 g/mol. The van der Waals surface area contributed by atoms with Crippen LogP contribution in [0.3, 0.4) is 0 Å². The lowest BCUT2D eigenvalue weighted by atomic mass is 9.89. The van der Waals surface area contributed by atoms with Crippen LogP contribution in [0.4, 0.5) is 0 Å². The number of piperidine rings is 1. The molecule has 0 bridgehead atoms. The lowest BCUT2D eigenvalue weighted by Gasteiger charge is -2.39. The summed E-state index contributed by atoms with van der Waals surface area (Å²) in [6, 6.07) is 1.97. The first-order valence-electron chi connectivity index (χ1n) is 6.48. The number of nitrogens with zero attached hydrogens (tertiary/aromatic N) is 3. The maximum atomic E-state index is 12.0. The number of hydrogen-bond acceptors (Lipinski definition) is 2.